The SMILES string of the molecule is Cc1cc(C(=O)Nc2ccccc2F)nc2cc(-c3cccs3)nn12. The molecule has 0 aliphatic heterocycles. The summed E-state index contributed by atoms with van der Waals surface area (Å²) in [6.45, 7) is 1.85. The lowest BCUT2D eigenvalue weighted by molar-refractivity contribution is 0.102. The number of hydrogen-bond donors (Lipinski definition) is 1. The van der Waals surface area contributed by atoms with Gasteiger partial charge < -0.3 is 5.32 Å². The lowest BCUT2D eigenvalue weighted by Crippen LogP contribution is -2.16. The van der Waals surface area contributed by atoms with Gasteiger partial charge in [-0.3, -0.25) is 4.79 Å². The summed E-state index contributed by atoms with van der Waals surface area (Å²) in [5.74, 6) is -0.951. The van der Waals surface area contributed by atoms with Crippen molar-refractivity contribution in [3.63, 3.8) is 0 Å². The van der Waals surface area contributed by atoms with Gasteiger partial charge in [-0.05, 0) is 36.6 Å². The van der Waals surface area contributed by atoms with Crippen LogP contribution in [0.2, 0.25) is 0 Å². The Labute approximate surface area is 146 Å². The van der Waals surface area contributed by atoms with Crippen molar-refractivity contribution in [3.8, 4) is 10.6 Å². The van der Waals surface area contributed by atoms with E-state index in [1.165, 1.54) is 12.1 Å². The zero-order valence-corrected chi connectivity index (χ0v) is 14.0. The molecule has 0 bridgehead atoms. The number of fused-ring (bicyclic) bond motifs is 1. The number of anilines is 1. The van der Waals surface area contributed by atoms with E-state index in [0.717, 1.165) is 16.3 Å². The van der Waals surface area contributed by atoms with Crippen LogP contribution in [-0.4, -0.2) is 20.5 Å². The molecule has 1 N–H and O–H groups in total. The van der Waals surface area contributed by atoms with E-state index in [-0.39, 0.29) is 11.4 Å². The topological polar surface area (TPSA) is 59.3 Å². The molecule has 4 rings (SSSR count). The standard InChI is InChI=1S/C18H13FN4OS/c1-11-9-15(18(24)21-13-6-3-2-5-12(13)19)20-17-10-14(22-23(11)17)16-7-4-8-25-16/h2-10H,1H3,(H,21,24). The molecule has 25 heavy (non-hydrogen) atoms. The van der Waals surface area contributed by atoms with Crippen molar-refractivity contribution in [1.29, 1.82) is 0 Å². The number of carbonyl (C=O) groups is 1. The van der Waals surface area contributed by atoms with Crippen LogP contribution in [0.5, 0.6) is 0 Å². The number of para-hydroxylation sites is 1. The van der Waals surface area contributed by atoms with Gasteiger partial charge in [0, 0.05) is 11.8 Å². The van der Waals surface area contributed by atoms with Crippen LogP contribution >= 0.6 is 11.3 Å². The largest absolute Gasteiger partial charge is 0.318 e. The molecule has 7 heteroatoms. The van der Waals surface area contributed by atoms with Crippen molar-refractivity contribution in [3.05, 3.63) is 71.1 Å². The van der Waals surface area contributed by atoms with Gasteiger partial charge in [-0.25, -0.2) is 13.9 Å². The number of nitrogens with one attached hydrogen (secondary N) is 1. The van der Waals surface area contributed by atoms with Gasteiger partial charge in [0.25, 0.3) is 5.91 Å². The highest BCUT2D eigenvalue weighted by atomic mass is 32.1. The highest BCUT2D eigenvalue weighted by Gasteiger charge is 2.15. The number of carbonyl (C=O) groups excluding carboxylic acids is 1. The monoisotopic (exact) mass is 352 g/mol. The Hall–Kier alpha value is -3.06. The Bertz CT molecular complexity index is 1070. The molecule has 0 unspecified atom stereocenters. The van der Waals surface area contributed by atoms with Gasteiger partial charge in [-0.15, -0.1) is 11.3 Å². The first-order chi connectivity index (χ1) is 12.1. The van der Waals surface area contributed by atoms with Crippen LogP contribution in [0.15, 0.2) is 53.9 Å². The van der Waals surface area contributed by atoms with Gasteiger partial charge in [-0.2, -0.15) is 5.10 Å². The van der Waals surface area contributed by atoms with Crippen molar-refractivity contribution in [2.45, 2.75) is 6.92 Å². The van der Waals surface area contributed by atoms with Gasteiger partial charge in [-0.1, -0.05) is 18.2 Å². The molecule has 4 aromatic rings. The van der Waals surface area contributed by atoms with Crippen molar-refractivity contribution in [1.82, 2.24) is 14.6 Å². The zero-order chi connectivity index (χ0) is 17.4. The van der Waals surface area contributed by atoms with Crippen LogP contribution in [-0.2, 0) is 0 Å². The van der Waals surface area contributed by atoms with Crippen LogP contribution < -0.4 is 5.32 Å². The molecular formula is C18H13FN4OS. The minimum atomic E-state index is -0.488. The second-order valence-corrected chi connectivity index (χ2v) is 6.44. The van der Waals surface area contributed by atoms with Crippen molar-refractivity contribution >= 4 is 28.6 Å². The quantitative estimate of drug-likeness (QED) is 0.602. The lowest BCUT2D eigenvalue weighted by Gasteiger charge is -2.07. The summed E-state index contributed by atoms with van der Waals surface area (Å²) in [7, 11) is 0. The number of thiophene rings is 1. The first-order valence-corrected chi connectivity index (χ1v) is 8.47. The Balaban J connectivity index is 1.70. The Morgan fingerprint density at radius 1 is 1.20 bits per heavy atom. The van der Waals surface area contributed by atoms with Crippen LogP contribution in [0.25, 0.3) is 16.2 Å². The summed E-state index contributed by atoms with van der Waals surface area (Å²) in [5.41, 5.74) is 2.48. The molecule has 0 saturated carbocycles. The van der Waals surface area contributed by atoms with Crippen LogP contribution in [0.1, 0.15) is 16.2 Å². The van der Waals surface area contributed by atoms with Crippen LogP contribution in [0, 0.1) is 12.7 Å². The average molecular weight is 352 g/mol. The smallest absolute Gasteiger partial charge is 0.274 e. The summed E-state index contributed by atoms with van der Waals surface area (Å²) in [4.78, 5) is 17.8. The van der Waals surface area contributed by atoms with E-state index >= 15 is 0 Å². The van der Waals surface area contributed by atoms with Gasteiger partial charge >= 0.3 is 0 Å². The molecule has 0 radical (unpaired) electrons. The number of aryl methyl sites for hydroxylation is 1. The van der Waals surface area contributed by atoms with Crippen LogP contribution in [0.3, 0.4) is 0 Å². The molecular weight excluding hydrogens is 339 g/mol. The van der Waals surface area contributed by atoms with E-state index < -0.39 is 11.7 Å². The summed E-state index contributed by atoms with van der Waals surface area (Å²) in [6.07, 6.45) is 0. The minimum Gasteiger partial charge on any atom is -0.318 e. The van der Waals surface area contributed by atoms with E-state index in [1.54, 1.807) is 34.1 Å². The number of hydrogen-bond acceptors (Lipinski definition) is 4. The maximum absolute atomic E-state index is 13.7. The van der Waals surface area contributed by atoms with E-state index in [0.29, 0.717) is 5.65 Å². The third-order valence-electron chi connectivity index (χ3n) is 3.73. The lowest BCUT2D eigenvalue weighted by atomic mass is 10.2. The molecule has 0 atom stereocenters. The molecule has 0 saturated heterocycles. The summed E-state index contributed by atoms with van der Waals surface area (Å²) >= 11 is 1.59. The molecule has 0 aliphatic rings. The summed E-state index contributed by atoms with van der Waals surface area (Å²) in [6, 6.07) is 13.4. The Morgan fingerprint density at radius 2 is 2.04 bits per heavy atom. The number of amides is 1. The summed E-state index contributed by atoms with van der Waals surface area (Å²) < 4.78 is 15.4. The van der Waals surface area contributed by atoms with Crippen LogP contribution in [0.4, 0.5) is 10.1 Å². The average Bonchev–Trinajstić information content (AvgIpc) is 3.25. The fraction of sp³-hybridized carbons (Fsp3) is 0.0556. The number of benzene rings is 1. The molecule has 1 amide bonds. The van der Waals surface area contributed by atoms with Crippen molar-refractivity contribution in [2.24, 2.45) is 0 Å². The number of nitrogens with zero attached hydrogens (tertiary/aromatic N) is 3. The Kier molecular flexibility index (Phi) is 3.77. The van der Waals surface area contributed by atoms with E-state index in [4.69, 9.17) is 0 Å². The maximum atomic E-state index is 13.7. The summed E-state index contributed by atoms with van der Waals surface area (Å²) in [5, 5.41) is 9.05. The first-order valence-electron chi connectivity index (χ1n) is 7.59. The second-order valence-electron chi connectivity index (χ2n) is 5.49. The van der Waals surface area contributed by atoms with Gasteiger partial charge in [0.15, 0.2) is 5.65 Å². The molecule has 3 aromatic heterocycles. The fourth-order valence-corrected chi connectivity index (χ4v) is 3.22. The van der Waals surface area contributed by atoms with Gasteiger partial charge in [0.2, 0.25) is 0 Å². The molecule has 124 valence electrons. The van der Waals surface area contributed by atoms with Gasteiger partial charge in [0.1, 0.15) is 17.2 Å². The third kappa shape index (κ3) is 2.89. The Morgan fingerprint density at radius 3 is 2.80 bits per heavy atom. The van der Waals surface area contributed by atoms with Crippen molar-refractivity contribution < 1.29 is 9.18 Å². The second kappa shape index (κ2) is 6.10. The van der Waals surface area contributed by atoms with E-state index in [9.17, 15) is 9.18 Å². The molecule has 1 aromatic carbocycles. The zero-order valence-electron chi connectivity index (χ0n) is 13.2. The highest BCUT2D eigenvalue weighted by Crippen LogP contribution is 2.24. The van der Waals surface area contributed by atoms with E-state index in [2.05, 4.69) is 15.4 Å². The number of halogens is 1. The molecule has 5 nitrogen and oxygen atoms in total. The molecule has 0 aliphatic carbocycles. The number of aromatic nitrogens is 3. The fourth-order valence-electron chi connectivity index (χ4n) is 2.54. The predicted molar refractivity (Wildman–Crippen MR) is 95.4 cm³/mol. The van der Waals surface area contributed by atoms with Gasteiger partial charge in [0.05, 0.1) is 10.6 Å². The molecule has 0 spiro atoms. The van der Waals surface area contributed by atoms with Crippen molar-refractivity contribution in [2.75, 3.05) is 5.32 Å². The third-order valence-corrected chi connectivity index (χ3v) is 4.63. The molecule has 3 heterocycles. The van der Waals surface area contributed by atoms with E-state index in [1.807, 2.05) is 30.5 Å². The maximum Gasteiger partial charge on any atom is 0.274 e. The first kappa shape index (κ1) is 15.5. The minimum absolute atomic E-state index is 0.125. The normalized spacial score (nSPS) is 11.0. The highest BCUT2D eigenvalue weighted by molar-refractivity contribution is 7.13. The number of rotatable bonds is 3. The molecule has 0 fully saturated rings. The predicted octanol–water partition coefficient (Wildman–Crippen LogP) is 4.16.